The van der Waals surface area contributed by atoms with Crippen molar-refractivity contribution in [1.82, 2.24) is 10.6 Å². The number of aliphatic hydroxyl groups is 1. The van der Waals surface area contributed by atoms with Crippen LogP contribution in [-0.2, 0) is 0 Å². The number of nitrogens with one attached hydrogen (secondary N) is 2. The van der Waals surface area contributed by atoms with Crippen molar-refractivity contribution in [3.63, 3.8) is 0 Å². The molecule has 1 fully saturated rings. The Balaban J connectivity index is 1.66. The topological polar surface area (TPSA) is 61.4 Å². The number of carbonyl (C=O) groups is 1. The van der Waals surface area contributed by atoms with E-state index in [0.29, 0.717) is 24.9 Å². The van der Waals surface area contributed by atoms with E-state index in [4.69, 9.17) is 0 Å². The number of amides is 2. The zero-order valence-corrected chi connectivity index (χ0v) is 12.0. The lowest BCUT2D eigenvalue weighted by molar-refractivity contribution is 0.166. The summed E-state index contributed by atoms with van der Waals surface area (Å²) in [7, 11) is 0. The molecule has 1 aromatic carbocycles. The van der Waals surface area contributed by atoms with Gasteiger partial charge in [-0.15, -0.1) is 0 Å². The first kappa shape index (κ1) is 14.9. The van der Waals surface area contributed by atoms with E-state index < -0.39 is 6.10 Å². The van der Waals surface area contributed by atoms with Crippen molar-refractivity contribution in [3.05, 3.63) is 35.9 Å². The lowest BCUT2D eigenvalue weighted by Gasteiger charge is -2.18. The minimum atomic E-state index is -0.526. The van der Waals surface area contributed by atoms with Gasteiger partial charge in [0.25, 0.3) is 0 Å². The van der Waals surface area contributed by atoms with Crippen LogP contribution in [0.25, 0.3) is 0 Å². The van der Waals surface area contributed by atoms with Crippen molar-refractivity contribution in [2.45, 2.75) is 44.8 Å². The molecule has 2 rings (SSSR count). The summed E-state index contributed by atoms with van der Waals surface area (Å²) in [6.07, 6.45) is 3.46. The van der Waals surface area contributed by atoms with Crippen LogP contribution in [0.5, 0.6) is 0 Å². The van der Waals surface area contributed by atoms with E-state index in [1.807, 2.05) is 30.3 Å². The molecule has 4 heteroatoms. The fourth-order valence-corrected chi connectivity index (χ4v) is 2.74. The first-order valence-corrected chi connectivity index (χ1v) is 7.44. The van der Waals surface area contributed by atoms with Crippen molar-refractivity contribution in [3.8, 4) is 0 Å². The Bertz CT molecular complexity index is 422. The highest BCUT2D eigenvalue weighted by Gasteiger charge is 2.24. The van der Waals surface area contributed by atoms with E-state index in [0.717, 1.165) is 12.0 Å². The van der Waals surface area contributed by atoms with Crippen molar-refractivity contribution in [1.29, 1.82) is 0 Å². The number of urea groups is 1. The van der Waals surface area contributed by atoms with Gasteiger partial charge in [-0.05, 0) is 30.7 Å². The molecule has 3 unspecified atom stereocenters. The average molecular weight is 276 g/mol. The lowest BCUT2D eigenvalue weighted by atomic mass is 10.1. The number of hydrogen-bond acceptors (Lipinski definition) is 2. The molecule has 0 saturated heterocycles. The molecular weight excluding hydrogens is 252 g/mol. The molecule has 2 amide bonds. The summed E-state index contributed by atoms with van der Waals surface area (Å²) < 4.78 is 0. The molecule has 1 aliphatic carbocycles. The van der Waals surface area contributed by atoms with Crippen LogP contribution in [-0.4, -0.2) is 23.7 Å². The van der Waals surface area contributed by atoms with Crippen LogP contribution in [0.15, 0.2) is 30.3 Å². The Morgan fingerprint density at radius 3 is 2.75 bits per heavy atom. The van der Waals surface area contributed by atoms with Gasteiger partial charge in [0.05, 0.1) is 6.10 Å². The molecule has 0 bridgehead atoms. The summed E-state index contributed by atoms with van der Waals surface area (Å²) in [6.45, 7) is 2.65. The molecule has 0 heterocycles. The summed E-state index contributed by atoms with van der Waals surface area (Å²) >= 11 is 0. The van der Waals surface area contributed by atoms with Gasteiger partial charge >= 0.3 is 6.03 Å². The Morgan fingerprint density at radius 2 is 2.10 bits per heavy atom. The van der Waals surface area contributed by atoms with Gasteiger partial charge in [-0.3, -0.25) is 0 Å². The maximum Gasteiger partial charge on any atom is 0.315 e. The van der Waals surface area contributed by atoms with Crippen LogP contribution >= 0.6 is 0 Å². The van der Waals surface area contributed by atoms with Crippen molar-refractivity contribution in [2.75, 3.05) is 6.54 Å². The van der Waals surface area contributed by atoms with Gasteiger partial charge in [-0.2, -0.15) is 0 Å². The van der Waals surface area contributed by atoms with E-state index in [-0.39, 0.29) is 6.03 Å². The van der Waals surface area contributed by atoms with Gasteiger partial charge < -0.3 is 15.7 Å². The maximum absolute atomic E-state index is 11.8. The molecule has 1 aliphatic rings. The predicted molar refractivity (Wildman–Crippen MR) is 79.4 cm³/mol. The quantitative estimate of drug-likeness (QED) is 0.774. The van der Waals surface area contributed by atoms with E-state index >= 15 is 0 Å². The monoisotopic (exact) mass is 276 g/mol. The minimum Gasteiger partial charge on any atom is -0.388 e. The number of carbonyl (C=O) groups excluding carboxylic acids is 1. The molecule has 3 atom stereocenters. The molecule has 0 spiro atoms. The third-order valence-corrected chi connectivity index (χ3v) is 4.07. The van der Waals surface area contributed by atoms with E-state index in [2.05, 4.69) is 17.6 Å². The van der Waals surface area contributed by atoms with Crippen LogP contribution in [0.3, 0.4) is 0 Å². The summed E-state index contributed by atoms with van der Waals surface area (Å²) in [6, 6.07) is 9.69. The molecule has 1 saturated carbocycles. The van der Waals surface area contributed by atoms with Crippen LogP contribution < -0.4 is 10.6 Å². The van der Waals surface area contributed by atoms with Crippen LogP contribution in [0, 0.1) is 5.92 Å². The number of aliphatic hydroxyl groups excluding tert-OH is 1. The Hall–Kier alpha value is -1.55. The highest BCUT2D eigenvalue weighted by molar-refractivity contribution is 5.74. The van der Waals surface area contributed by atoms with Gasteiger partial charge in [0.15, 0.2) is 0 Å². The second-order valence-corrected chi connectivity index (χ2v) is 5.63. The normalized spacial score (nSPS) is 23.3. The van der Waals surface area contributed by atoms with Crippen molar-refractivity contribution in [2.24, 2.45) is 5.92 Å². The fraction of sp³-hybridized carbons (Fsp3) is 0.562. The summed E-state index contributed by atoms with van der Waals surface area (Å²) in [4.78, 5) is 11.8. The smallest absolute Gasteiger partial charge is 0.315 e. The largest absolute Gasteiger partial charge is 0.388 e. The number of benzene rings is 1. The molecule has 0 radical (unpaired) electrons. The minimum absolute atomic E-state index is 0.121. The third-order valence-electron chi connectivity index (χ3n) is 4.07. The second kappa shape index (κ2) is 7.29. The number of rotatable bonds is 5. The predicted octanol–water partition coefficient (Wildman–Crippen LogP) is 2.60. The Morgan fingerprint density at radius 1 is 1.35 bits per heavy atom. The molecule has 20 heavy (non-hydrogen) atoms. The summed E-state index contributed by atoms with van der Waals surface area (Å²) in [5.74, 6) is 0.565. The van der Waals surface area contributed by atoms with Gasteiger partial charge in [0.2, 0.25) is 0 Å². The maximum atomic E-state index is 11.8. The van der Waals surface area contributed by atoms with E-state index in [9.17, 15) is 9.90 Å². The number of hydrogen-bond donors (Lipinski definition) is 3. The first-order chi connectivity index (χ1) is 9.66. The highest BCUT2D eigenvalue weighted by Crippen LogP contribution is 2.24. The molecular formula is C16H24N2O2. The van der Waals surface area contributed by atoms with E-state index in [1.54, 1.807) is 0 Å². The Kier molecular flexibility index (Phi) is 5.41. The SMILES string of the molecule is CC1CCCC1NC(=O)NCCC(O)c1ccccc1. The molecule has 0 aliphatic heterocycles. The molecule has 4 nitrogen and oxygen atoms in total. The van der Waals surface area contributed by atoms with Gasteiger partial charge in [-0.1, -0.05) is 43.7 Å². The third kappa shape index (κ3) is 4.23. The second-order valence-electron chi connectivity index (χ2n) is 5.63. The van der Waals surface area contributed by atoms with Gasteiger partial charge in [0.1, 0.15) is 0 Å². The fourth-order valence-electron chi connectivity index (χ4n) is 2.74. The highest BCUT2D eigenvalue weighted by atomic mass is 16.3. The van der Waals surface area contributed by atoms with Crippen LogP contribution in [0.1, 0.15) is 44.3 Å². The lowest BCUT2D eigenvalue weighted by Crippen LogP contribution is -2.43. The van der Waals surface area contributed by atoms with Gasteiger partial charge in [0, 0.05) is 12.6 Å². The first-order valence-electron chi connectivity index (χ1n) is 7.44. The zero-order chi connectivity index (χ0) is 14.4. The molecule has 0 aromatic heterocycles. The summed E-state index contributed by atoms with van der Waals surface area (Å²) in [5.41, 5.74) is 0.888. The standard InChI is InChI=1S/C16H24N2O2/c1-12-6-5-9-14(12)18-16(20)17-11-10-15(19)13-7-3-2-4-8-13/h2-4,7-8,12,14-15,19H,5-6,9-11H2,1H3,(H2,17,18,20). The zero-order valence-electron chi connectivity index (χ0n) is 12.0. The average Bonchev–Trinajstić information content (AvgIpc) is 2.85. The van der Waals surface area contributed by atoms with E-state index in [1.165, 1.54) is 12.8 Å². The van der Waals surface area contributed by atoms with Crippen molar-refractivity contribution >= 4 is 6.03 Å². The molecule has 1 aromatic rings. The van der Waals surface area contributed by atoms with Gasteiger partial charge in [-0.25, -0.2) is 4.79 Å². The Labute approximate surface area is 120 Å². The summed E-state index contributed by atoms with van der Waals surface area (Å²) in [5, 5.41) is 15.8. The van der Waals surface area contributed by atoms with Crippen LogP contribution in [0.2, 0.25) is 0 Å². The molecule has 3 N–H and O–H groups in total. The van der Waals surface area contributed by atoms with Crippen molar-refractivity contribution < 1.29 is 9.90 Å². The molecule has 110 valence electrons. The van der Waals surface area contributed by atoms with Crippen LogP contribution in [0.4, 0.5) is 4.79 Å².